The number of benzene rings is 2. The molecule has 22 heavy (non-hydrogen) atoms. The monoisotopic (exact) mass is 299 g/mol. The summed E-state index contributed by atoms with van der Waals surface area (Å²) < 4.78 is 16.0. The highest BCUT2D eigenvalue weighted by molar-refractivity contribution is 5.62. The first-order chi connectivity index (χ1) is 10.7. The molecule has 4 nitrogen and oxygen atoms in total. The van der Waals surface area contributed by atoms with Crippen LogP contribution in [-0.2, 0) is 6.42 Å². The maximum Gasteiger partial charge on any atom is 0.162 e. The molecule has 3 rings (SSSR count). The van der Waals surface area contributed by atoms with Crippen LogP contribution in [0.2, 0.25) is 0 Å². The molecule has 0 amide bonds. The summed E-state index contributed by atoms with van der Waals surface area (Å²) in [5.41, 5.74) is 3.70. The van der Waals surface area contributed by atoms with Crippen LogP contribution in [0.25, 0.3) is 0 Å². The van der Waals surface area contributed by atoms with E-state index in [-0.39, 0.29) is 0 Å². The summed E-state index contributed by atoms with van der Waals surface area (Å²) in [7, 11) is 5.02. The molecule has 116 valence electrons. The van der Waals surface area contributed by atoms with Crippen molar-refractivity contribution in [2.75, 3.05) is 33.2 Å². The van der Waals surface area contributed by atoms with Gasteiger partial charge in [-0.2, -0.15) is 0 Å². The Hall–Kier alpha value is -2.36. The molecule has 0 bridgehead atoms. The van der Waals surface area contributed by atoms with Crippen molar-refractivity contribution >= 4 is 5.69 Å². The van der Waals surface area contributed by atoms with Crippen LogP contribution in [0.4, 0.5) is 5.69 Å². The molecule has 0 fully saturated rings. The third kappa shape index (κ3) is 2.69. The standard InChI is InChI=1S/C18H21NO3/c1-20-15-6-4-12(5-7-15)14-8-13-9-17(21-2)18(22-3)10-16(13)19-11-14/h4-7,9-10,14,19H,8,11H2,1-3H3. The summed E-state index contributed by atoms with van der Waals surface area (Å²) in [6, 6.07) is 12.4. The maximum absolute atomic E-state index is 5.40. The lowest BCUT2D eigenvalue weighted by molar-refractivity contribution is 0.354. The number of hydrogen-bond acceptors (Lipinski definition) is 4. The molecule has 1 aliphatic rings. The largest absolute Gasteiger partial charge is 0.497 e. The molecular weight excluding hydrogens is 278 g/mol. The Morgan fingerprint density at radius 2 is 1.59 bits per heavy atom. The molecule has 2 aromatic rings. The van der Waals surface area contributed by atoms with Crippen molar-refractivity contribution in [3.8, 4) is 17.2 Å². The van der Waals surface area contributed by atoms with E-state index in [0.29, 0.717) is 5.92 Å². The van der Waals surface area contributed by atoms with Gasteiger partial charge >= 0.3 is 0 Å². The molecule has 1 heterocycles. The lowest BCUT2D eigenvalue weighted by Gasteiger charge is -2.27. The van der Waals surface area contributed by atoms with Gasteiger partial charge in [0.25, 0.3) is 0 Å². The highest BCUT2D eigenvalue weighted by Crippen LogP contribution is 2.38. The van der Waals surface area contributed by atoms with Gasteiger partial charge < -0.3 is 19.5 Å². The maximum atomic E-state index is 5.40. The summed E-state index contributed by atoms with van der Waals surface area (Å²) in [4.78, 5) is 0. The molecule has 1 aliphatic heterocycles. The first-order valence-electron chi connectivity index (χ1n) is 7.38. The Labute approximate surface area is 131 Å². The third-order valence-electron chi connectivity index (χ3n) is 4.20. The highest BCUT2D eigenvalue weighted by atomic mass is 16.5. The average Bonchev–Trinajstić information content (AvgIpc) is 2.60. The predicted octanol–water partition coefficient (Wildman–Crippen LogP) is 3.46. The Bertz CT molecular complexity index is 652. The minimum Gasteiger partial charge on any atom is -0.497 e. The van der Waals surface area contributed by atoms with Gasteiger partial charge in [0.05, 0.1) is 21.3 Å². The van der Waals surface area contributed by atoms with E-state index in [0.717, 1.165) is 35.9 Å². The van der Waals surface area contributed by atoms with E-state index in [1.807, 2.05) is 18.2 Å². The fourth-order valence-electron chi connectivity index (χ4n) is 2.94. The van der Waals surface area contributed by atoms with Crippen LogP contribution in [0, 0.1) is 0 Å². The minimum absolute atomic E-state index is 0.441. The van der Waals surface area contributed by atoms with Gasteiger partial charge in [-0.3, -0.25) is 0 Å². The van der Waals surface area contributed by atoms with E-state index in [2.05, 4.69) is 23.5 Å². The van der Waals surface area contributed by atoms with Gasteiger partial charge in [-0.1, -0.05) is 12.1 Å². The van der Waals surface area contributed by atoms with Crippen LogP contribution in [0.5, 0.6) is 17.2 Å². The molecule has 1 N–H and O–H groups in total. The van der Waals surface area contributed by atoms with E-state index >= 15 is 0 Å². The highest BCUT2D eigenvalue weighted by Gasteiger charge is 2.22. The van der Waals surface area contributed by atoms with E-state index in [4.69, 9.17) is 14.2 Å². The Kier molecular flexibility index (Phi) is 4.09. The van der Waals surface area contributed by atoms with E-state index in [1.54, 1.807) is 21.3 Å². The summed E-state index contributed by atoms with van der Waals surface area (Å²) >= 11 is 0. The van der Waals surface area contributed by atoms with E-state index in [1.165, 1.54) is 11.1 Å². The van der Waals surface area contributed by atoms with Crippen LogP contribution in [0.3, 0.4) is 0 Å². The van der Waals surface area contributed by atoms with Crippen molar-refractivity contribution in [2.24, 2.45) is 0 Å². The van der Waals surface area contributed by atoms with Gasteiger partial charge in [0, 0.05) is 24.2 Å². The van der Waals surface area contributed by atoms with Gasteiger partial charge in [0.1, 0.15) is 5.75 Å². The molecule has 1 unspecified atom stereocenters. The van der Waals surface area contributed by atoms with Gasteiger partial charge in [0.2, 0.25) is 0 Å². The van der Waals surface area contributed by atoms with Crippen LogP contribution in [0.15, 0.2) is 36.4 Å². The van der Waals surface area contributed by atoms with Crippen LogP contribution in [0.1, 0.15) is 17.0 Å². The number of methoxy groups -OCH3 is 3. The molecule has 0 aromatic heterocycles. The number of hydrogen-bond donors (Lipinski definition) is 1. The first kappa shape index (κ1) is 14.6. The van der Waals surface area contributed by atoms with Crippen molar-refractivity contribution in [1.29, 1.82) is 0 Å². The number of fused-ring (bicyclic) bond motifs is 1. The zero-order valence-electron chi connectivity index (χ0n) is 13.2. The molecular formula is C18H21NO3. The quantitative estimate of drug-likeness (QED) is 0.938. The zero-order chi connectivity index (χ0) is 15.5. The molecule has 4 heteroatoms. The molecule has 0 saturated heterocycles. The summed E-state index contributed by atoms with van der Waals surface area (Å²) in [5, 5.41) is 3.50. The zero-order valence-corrected chi connectivity index (χ0v) is 13.2. The van der Waals surface area contributed by atoms with Gasteiger partial charge in [-0.15, -0.1) is 0 Å². The Morgan fingerprint density at radius 3 is 2.23 bits per heavy atom. The molecule has 0 aliphatic carbocycles. The molecule has 0 radical (unpaired) electrons. The first-order valence-corrected chi connectivity index (χ1v) is 7.38. The summed E-state index contributed by atoms with van der Waals surface area (Å²) in [5.74, 6) is 2.87. The molecule has 0 spiro atoms. The SMILES string of the molecule is COc1ccc(C2CNc3cc(OC)c(OC)cc3C2)cc1. The topological polar surface area (TPSA) is 39.7 Å². The number of anilines is 1. The van der Waals surface area contributed by atoms with E-state index < -0.39 is 0 Å². The second kappa shape index (κ2) is 6.18. The minimum atomic E-state index is 0.441. The number of ether oxygens (including phenoxy) is 3. The van der Waals surface area contributed by atoms with Gasteiger partial charge in [0.15, 0.2) is 11.5 Å². The van der Waals surface area contributed by atoms with Crippen LogP contribution < -0.4 is 19.5 Å². The number of nitrogens with one attached hydrogen (secondary N) is 1. The van der Waals surface area contributed by atoms with Crippen molar-refractivity contribution in [3.63, 3.8) is 0 Å². The molecule has 1 atom stereocenters. The van der Waals surface area contributed by atoms with Gasteiger partial charge in [-0.25, -0.2) is 0 Å². The lowest BCUT2D eigenvalue weighted by Crippen LogP contribution is -2.21. The summed E-state index contributed by atoms with van der Waals surface area (Å²) in [6.07, 6.45) is 0.981. The van der Waals surface area contributed by atoms with Gasteiger partial charge in [-0.05, 0) is 35.7 Å². The Balaban J connectivity index is 1.86. The third-order valence-corrected chi connectivity index (χ3v) is 4.20. The summed E-state index contributed by atoms with van der Waals surface area (Å²) in [6.45, 7) is 0.912. The van der Waals surface area contributed by atoms with Crippen molar-refractivity contribution < 1.29 is 14.2 Å². The van der Waals surface area contributed by atoms with Crippen LogP contribution in [-0.4, -0.2) is 27.9 Å². The molecule has 2 aromatic carbocycles. The van der Waals surface area contributed by atoms with Crippen molar-refractivity contribution in [3.05, 3.63) is 47.5 Å². The Morgan fingerprint density at radius 1 is 0.909 bits per heavy atom. The smallest absolute Gasteiger partial charge is 0.162 e. The number of rotatable bonds is 4. The average molecular weight is 299 g/mol. The second-order valence-corrected chi connectivity index (χ2v) is 5.42. The van der Waals surface area contributed by atoms with E-state index in [9.17, 15) is 0 Å². The van der Waals surface area contributed by atoms with Crippen molar-refractivity contribution in [1.82, 2.24) is 0 Å². The second-order valence-electron chi connectivity index (χ2n) is 5.42. The molecule has 0 saturated carbocycles. The fourth-order valence-corrected chi connectivity index (χ4v) is 2.94. The van der Waals surface area contributed by atoms with Crippen molar-refractivity contribution in [2.45, 2.75) is 12.3 Å². The normalized spacial score (nSPS) is 16.4. The lowest BCUT2D eigenvalue weighted by atomic mass is 9.88. The fraction of sp³-hybridized carbons (Fsp3) is 0.333. The van der Waals surface area contributed by atoms with Crippen LogP contribution >= 0.6 is 0 Å². The predicted molar refractivity (Wildman–Crippen MR) is 87.5 cm³/mol.